The van der Waals surface area contributed by atoms with Crippen LogP contribution in [0.15, 0.2) is 22.9 Å². The van der Waals surface area contributed by atoms with E-state index in [0.717, 1.165) is 19.2 Å². The van der Waals surface area contributed by atoms with Gasteiger partial charge in [0.15, 0.2) is 0 Å². The Morgan fingerprint density at radius 2 is 2.05 bits per heavy atom. The molecule has 20 heavy (non-hydrogen) atoms. The third kappa shape index (κ3) is 2.36. The summed E-state index contributed by atoms with van der Waals surface area (Å²) in [5.41, 5.74) is -1.94. The minimum Gasteiger partial charge on any atom is -0.465 e. The standard InChI is InChI=1S/C12H9F3N2O3/c1-6-8(11(18)19-2)10(17-20-6)9-7(12(13,14)15)4-3-5-16-9/h3-5H,1-2H3. The number of hydrogen-bond acceptors (Lipinski definition) is 5. The first-order valence-electron chi connectivity index (χ1n) is 5.43. The van der Waals surface area contributed by atoms with E-state index >= 15 is 0 Å². The van der Waals surface area contributed by atoms with Gasteiger partial charge in [0.05, 0.1) is 12.7 Å². The van der Waals surface area contributed by atoms with E-state index in [2.05, 4.69) is 14.9 Å². The highest BCUT2D eigenvalue weighted by atomic mass is 19.4. The molecule has 0 amide bonds. The summed E-state index contributed by atoms with van der Waals surface area (Å²) in [6.45, 7) is 1.40. The van der Waals surface area contributed by atoms with E-state index in [0.29, 0.717) is 0 Å². The molecular weight excluding hydrogens is 277 g/mol. The van der Waals surface area contributed by atoms with E-state index in [1.54, 1.807) is 0 Å². The zero-order valence-corrected chi connectivity index (χ0v) is 10.5. The minimum absolute atomic E-state index is 0.0608. The first-order valence-corrected chi connectivity index (χ1v) is 5.43. The van der Waals surface area contributed by atoms with E-state index < -0.39 is 23.4 Å². The first kappa shape index (κ1) is 14.0. The average molecular weight is 286 g/mol. The summed E-state index contributed by atoms with van der Waals surface area (Å²) in [4.78, 5) is 15.3. The number of carbonyl (C=O) groups is 1. The summed E-state index contributed by atoms with van der Waals surface area (Å²) in [7, 11) is 1.11. The van der Waals surface area contributed by atoms with Gasteiger partial charge in [0.25, 0.3) is 0 Å². The Morgan fingerprint density at radius 3 is 2.65 bits per heavy atom. The Hall–Kier alpha value is -2.38. The Morgan fingerprint density at radius 1 is 1.35 bits per heavy atom. The zero-order valence-electron chi connectivity index (χ0n) is 10.5. The molecule has 106 valence electrons. The van der Waals surface area contributed by atoms with Crippen LogP contribution in [-0.4, -0.2) is 23.2 Å². The number of pyridine rings is 1. The number of methoxy groups -OCH3 is 1. The predicted molar refractivity (Wildman–Crippen MR) is 60.8 cm³/mol. The van der Waals surface area contributed by atoms with E-state index in [1.807, 2.05) is 0 Å². The van der Waals surface area contributed by atoms with Crippen molar-refractivity contribution in [1.29, 1.82) is 0 Å². The van der Waals surface area contributed by atoms with Crippen LogP contribution in [0.4, 0.5) is 13.2 Å². The average Bonchev–Trinajstić information content (AvgIpc) is 2.78. The number of carbonyl (C=O) groups excluding carboxylic acids is 1. The molecule has 0 fully saturated rings. The molecule has 2 aromatic rings. The highest BCUT2D eigenvalue weighted by molar-refractivity contribution is 5.96. The van der Waals surface area contributed by atoms with E-state index in [4.69, 9.17) is 4.52 Å². The van der Waals surface area contributed by atoms with Gasteiger partial charge in [0, 0.05) is 6.20 Å². The van der Waals surface area contributed by atoms with Crippen LogP contribution in [0.3, 0.4) is 0 Å². The second-order valence-electron chi connectivity index (χ2n) is 3.85. The monoisotopic (exact) mass is 286 g/mol. The fraction of sp³-hybridized carbons (Fsp3) is 0.250. The molecule has 0 radical (unpaired) electrons. The summed E-state index contributed by atoms with van der Waals surface area (Å²) in [6.07, 6.45) is -3.44. The molecule has 0 aliphatic heterocycles. The molecular formula is C12H9F3N2O3. The van der Waals surface area contributed by atoms with Crippen LogP contribution in [-0.2, 0) is 10.9 Å². The number of rotatable bonds is 2. The molecule has 2 aromatic heterocycles. The van der Waals surface area contributed by atoms with Crippen LogP contribution in [0, 0.1) is 6.92 Å². The number of nitrogens with zero attached hydrogens (tertiary/aromatic N) is 2. The second-order valence-corrected chi connectivity index (χ2v) is 3.85. The topological polar surface area (TPSA) is 65.2 Å². The molecule has 0 aliphatic carbocycles. The van der Waals surface area contributed by atoms with Crippen molar-refractivity contribution in [2.45, 2.75) is 13.1 Å². The maximum atomic E-state index is 12.9. The molecule has 0 saturated heterocycles. The van der Waals surface area contributed by atoms with Crippen LogP contribution < -0.4 is 0 Å². The Balaban J connectivity index is 2.68. The molecule has 8 heteroatoms. The molecule has 0 spiro atoms. The summed E-state index contributed by atoms with van der Waals surface area (Å²) in [6, 6.07) is 2.00. The fourth-order valence-corrected chi connectivity index (χ4v) is 1.70. The van der Waals surface area contributed by atoms with Gasteiger partial charge in [-0.1, -0.05) is 5.16 Å². The lowest BCUT2D eigenvalue weighted by Crippen LogP contribution is -2.10. The minimum atomic E-state index is -4.62. The molecule has 5 nitrogen and oxygen atoms in total. The third-order valence-corrected chi connectivity index (χ3v) is 2.59. The molecule has 0 bridgehead atoms. The number of aryl methyl sites for hydroxylation is 1. The lowest BCUT2D eigenvalue weighted by molar-refractivity contribution is -0.137. The van der Waals surface area contributed by atoms with Crippen LogP contribution in [0.2, 0.25) is 0 Å². The lowest BCUT2D eigenvalue weighted by Gasteiger charge is -2.10. The van der Waals surface area contributed by atoms with Crippen molar-refractivity contribution in [2.75, 3.05) is 7.11 Å². The van der Waals surface area contributed by atoms with Crippen LogP contribution in [0.25, 0.3) is 11.4 Å². The zero-order chi connectivity index (χ0) is 14.9. The molecule has 0 N–H and O–H groups in total. The number of esters is 1. The Kier molecular flexibility index (Phi) is 3.47. The summed E-state index contributed by atoms with van der Waals surface area (Å²) in [5, 5.41) is 3.49. The lowest BCUT2D eigenvalue weighted by atomic mass is 10.1. The summed E-state index contributed by atoms with van der Waals surface area (Å²) < 4.78 is 48.1. The van der Waals surface area contributed by atoms with Gasteiger partial charge in [-0.05, 0) is 19.1 Å². The molecule has 0 saturated carbocycles. The van der Waals surface area contributed by atoms with Gasteiger partial charge in [-0.2, -0.15) is 13.2 Å². The molecule has 0 atom stereocenters. The third-order valence-electron chi connectivity index (χ3n) is 2.59. The number of alkyl halides is 3. The van der Waals surface area contributed by atoms with Crippen molar-refractivity contribution in [1.82, 2.24) is 10.1 Å². The maximum absolute atomic E-state index is 12.9. The van der Waals surface area contributed by atoms with Crippen molar-refractivity contribution in [3.05, 3.63) is 35.2 Å². The highest BCUT2D eigenvalue weighted by Gasteiger charge is 2.37. The Bertz CT molecular complexity index is 650. The first-order chi connectivity index (χ1) is 9.36. The van der Waals surface area contributed by atoms with Gasteiger partial charge in [-0.25, -0.2) is 4.79 Å². The largest absolute Gasteiger partial charge is 0.465 e. The number of hydrogen-bond donors (Lipinski definition) is 0. The van der Waals surface area contributed by atoms with E-state index in [1.165, 1.54) is 13.1 Å². The van der Waals surface area contributed by atoms with Gasteiger partial charge in [-0.15, -0.1) is 0 Å². The quantitative estimate of drug-likeness (QED) is 0.794. The summed E-state index contributed by atoms with van der Waals surface area (Å²) in [5.74, 6) is -0.775. The van der Waals surface area contributed by atoms with Gasteiger partial charge in [0.2, 0.25) is 0 Å². The van der Waals surface area contributed by atoms with Crippen molar-refractivity contribution in [2.24, 2.45) is 0 Å². The molecule has 2 rings (SSSR count). The van der Waals surface area contributed by atoms with Gasteiger partial charge in [-0.3, -0.25) is 4.98 Å². The van der Waals surface area contributed by atoms with Crippen molar-refractivity contribution in [3.8, 4) is 11.4 Å². The number of halogens is 3. The maximum Gasteiger partial charge on any atom is 0.418 e. The SMILES string of the molecule is COC(=O)c1c(-c2ncccc2C(F)(F)F)noc1C. The molecule has 0 unspecified atom stereocenters. The van der Waals surface area contributed by atoms with Crippen molar-refractivity contribution in [3.63, 3.8) is 0 Å². The van der Waals surface area contributed by atoms with Crippen molar-refractivity contribution < 1.29 is 27.2 Å². The van der Waals surface area contributed by atoms with E-state index in [9.17, 15) is 18.0 Å². The van der Waals surface area contributed by atoms with Crippen LogP contribution >= 0.6 is 0 Å². The van der Waals surface area contributed by atoms with Crippen LogP contribution in [0.5, 0.6) is 0 Å². The number of ether oxygens (including phenoxy) is 1. The van der Waals surface area contributed by atoms with Gasteiger partial charge in [0.1, 0.15) is 22.7 Å². The summed E-state index contributed by atoms with van der Waals surface area (Å²) >= 11 is 0. The molecule has 0 aromatic carbocycles. The molecule has 2 heterocycles. The molecule has 0 aliphatic rings. The fourth-order valence-electron chi connectivity index (χ4n) is 1.70. The number of aromatic nitrogens is 2. The van der Waals surface area contributed by atoms with Gasteiger partial charge >= 0.3 is 12.1 Å². The smallest absolute Gasteiger partial charge is 0.418 e. The van der Waals surface area contributed by atoms with Crippen molar-refractivity contribution >= 4 is 5.97 Å². The highest BCUT2D eigenvalue weighted by Crippen LogP contribution is 2.36. The normalized spacial score (nSPS) is 11.4. The van der Waals surface area contributed by atoms with E-state index in [-0.39, 0.29) is 17.0 Å². The van der Waals surface area contributed by atoms with Crippen LogP contribution in [0.1, 0.15) is 21.7 Å². The second kappa shape index (κ2) is 4.95. The Labute approximate surface area is 111 Å². The van der Waals surface area contributed by atoms with Gasteiger partial charge < -0.3 is 9.26 Å². The predicted octanol–water partition coefficient (Wildman–Crippen LogP) is 2.85.